The number of ether oxygens (including phenoxy) is 2. The van der Waals surface area contributed by atoms with Gasteiger partial charge < -0.3 is 9.47 Å². The summed E-state index contributed by atoms with van der Waals surface area (Å²) in [6, 6.07) is 6.18. The molecule has 1 aliphatic rings. The van der Waals surface area contributed by atoms with Gasteiger partial charge in [0.05, 0.1) is 19.8 Å². The highest BCUT2D eigenvalue weighted by Crippen LogP contribution is 2.15. The Morgan fingerprint density at radius 2 is 2.31 bits per heavy atom. The van der Waals surface area contributed by atoms with E-state index in [0.29, 0.717) is 18.3 Å². The van der Waals surface area contributed by atoms with Gasteiger partial charge in [-0.2, -0.15) is 0 Å². The number of benzene rings is 1. The van der Waals surface area contributed by atoms with E-state index in [1.165, 1.54) is 12.1 Å². The van der Waals surface area contributed by atoms with Crippen molar-refractivity contribution >= 4 is 0 Å². The predicted octanol–water partition coefficient (Wildman–Crippen LogP) is 1.85. The van der Waals surface area contributed by atoms with Gasteiger partial charge >= 0.3 is 0 Å². The molecule has 0 unspecified atom stereocenters. The third kappa shape index (κ3) is 2.18. The van der Waals surface area contributed by atoms with Crippen LogP contribution in [0, 0.1) is 11.7 Å². The van der Waals surface area contributed by atoms with Crippen LogP contribution < -0.4 is 4.74 Å². The summed E-state index contributed by atoms with van der Waals surface area (Å²) < 4.78 is 23.0. The summed E-state index contributed by atoms with van der Waals surface area (Å²) in [5, 5.41) is 0. The van der Waals surface area contributed by atoms with Crippen LogP contribution in [-0.4, -0.2) is 19.8 Å². The van der Waals surface area contributed by atoms with Gasteiger partial charge in [-0.05, 0) is 12.1 Å². The van der Waals surface area contributed by atoms with E-state index in [0.717, 1.165) is 13.2 Å². The molecule has 0 aliphatic carbocycles. The molecule has 3 heteroatoms. The fraction of sp³-hybridized carbons (Fsp3) is 0.400. The molecule has 70 valence electrons. The Morgan fingerprint density at radius 1 is 1.46 bits per heavy atom. The van der Waals surface area contributed by atoms with Gasteiger partial charge in [0.25, 0.3) is 0 Å². The van der Waals surface area contributed by atoms with Crippen LogP contribution in [-0.2, 0) is 4.74 Å². The van der Waals surface area contributed by atoms with Crippen molar-refractivity contribution in [1.29, 1.82) is 0 Å². The summed E-state index contributed by atoms with van der Waals surface area (Å²) in [7, 11) is 0. The molecule has 2 nitrogen and oxygen atoms in total. The lowest BCUT2D eigenvalue weighted by Gasteiger charge is -2.25. The maximum Gasteiger partial charge on any atom is 0.126 e. The average Bonchev–Trinajstić information content (AvgIpc) is 2.01. The van der Waals surface area contributed by atoms with Gasteiger partial charge in [-0.25, -0.2) is 4.39 Å². The van der Waals surface area contributed by atoms with Gasteiger partial charge in [0.15, 0.2) is 0 Å². The van der Waals surface area contributed by atoms with E-state index in [-0.39, 0.29) is 5.82 Å². The fourth-order valence-corrected chi connectivity index (χ4v) is 1.15. The molecule has 0 aromatic heterocycles. The van der Waals surface area contributed by atoms with Gasteiger partial charge in [-0.1, -0.05) is 6.07 Å². The van der Waals surface area contributed by atoms with Crippen molar-refractivity contribution in [3.05, 3.63) is 30.1 Å². The zero-order valence-corrected chi connectivity index (χ0v) is 7.20. The Kier molecular flexibility index (Phi) is 2.45. The van der Waals surface area contributed by atoms with Gasteiger partial charge in [-0.3, -0.25) is 0 Å². The highest BCUT2D eigenvalue weighted by molar-refractivity contribution is 5.22. The Bertz CT molecular complexity index is 284. The van der Waals surface area contributed by atoms with Crippen molar-refractivity contribution in [1.82, 2.24) is 0 Å². The SMILES string of the molecule is Fc1cccc(OCC2COC2)c1. The molecule has 1 aliphatic heterocycles. The monoisotopic (exact) mass is 182 g/mol. The largest absolute Gasteiger partial charge is 0.493 e. The normalized spacial score (nSPS) is 16.7. The maximum absolute atomic E-state index is 12.7. The van der Waals surface area contributed by atoms with Crippen molar-refractivity contribution in [2.75, 3.05) is 19.8 Å². The van der Waals surface area contributed by atoms with Crippen molar-refractivity contribution in [2.45, 2.75) is 0 Å². The summed E-state index contributed by atoms with van der Waals surface area (Å²) in [6.45, 7) is 2.13. The van der Waals surface area contributed by atoms with E-state index in [9.17, 15) is 4.39 Å². The fourth-order valence-electron chi connectivity index (χ4n) is 1.15. The summed E-state index contributed by atoms with van der Waals surface area (Å²) >= 11 is 0. The number of hydrogen-bond acceptors (Lipinski definition) is 2. The Morgan fingerprint density at radius 3 is 2.92 bits per heavy atom. The molecule has 1 saturated heterocycles. The molecule has 0 radical (unpaired) electrons. The maximum atomic E-state index is 12.7. The first-order valence-electron chi connectivity index (χ1n) is 4.31. The highest BCUT2D eigenvalue weighted by atomic mass is 19.1. The summed E-state index contributed by atoms with van der Waals surface area (Å²) in [5.74, 6) is 0.803. The number of halogens is 1. The second-order valence-electron chi connectivity index (χ2n) is 3.17. The molecular formula is C10H11FO2. The van der Waals surface area contributed by atoms with Crippen molar-refractivity contribution < 1.29 is 13.9 Å². The average molecular weight is 182 g/mol. The molecule has 1 aromatic carbocycles. The van der Waals surface area contributed by atoms with E-state index < -0.39 is 0 Å². The van der Waals surface area contributed by atoms with Gasteiger partial charge in [0.2, 0.25) is 0 Å². The first-order chi connectivity index (χ1) is 6.34. The van der Waals surface area contributed by atoms with Crippen LogP contribution in [0.4, 0.5) is 4.39 Å². The molecule has 2 rings (SSSR count). The molecular weight excluding hydrogens is 171 g/mol. The minimum absolute atomic E-state index is 0.262. The lowest BCUT2D eigenvalue weighted by atomic mass is 10.1. The lowest BCUT2D eigenvalue weighted by molar-refractivity contribution is -0.0508. The van der Waals surface area contributed by atoms with Gasteiger partial charge in [-0.15, -0.1) is 0 Å². The summed E-state index contributed by atoms with van der Waals surface area (Å²) in [6.07, 6.45) is 0. The van der Waals surface area contributed by atoms with Crippen molar-refractivity contribution in [2.24, 2.45) is 5.92 Å². The van der Waals surface area contributed by atoms with Crippen LogP contribution in [0.1, 0.15) is 0 Å². The third-order valence-electron chi connectivity index (χ3n) is 1.99. The third-order valence-corrected chi connectivity index (χ3v) is 1.99. The molecule has 0 saturated carbocycles. The molecule has 1 heterocycles. The molecule has 0 bridgehead atoms. The van der Waals surface area contributed by atoms with Crippen LogP contribution in [0.5, 0.6) is 5.75 Å². The van der Waals surface area contributed by atoms with E-state index in [4.69, 9.17) is 9.47 Å². The zero-order chi connectivity index (χ0) is 9.10. The Hall–Kier alpha value is -1.09. The Labute approximate surface area is 76.3 Å². The predicted molar refractivity (Wildman–Crippen MR) is 46.2 cm³/mol. The van der Waals surface area contributed by atoms with E-state index >= 15 is 0 Å². The second kappa shape index (κ2) is 3.75. The molecule has 0 spiro atoms. The lowest BCUT2D eigenvalue weighted by Crippen LogP contribution is -2.32. The van der Waals surface area contributed by atoms with Gasteiger partial charge in [0.1, 0.15) is 11.6 Å². The van der Waals surface area contributed by atoms with Crippen LogP contribution in [0.15, 0.2) is 24.3 Å². The standard InChI is InChI=1S/C10H11FO2/c11-9-2-1-3-10(4-9)13-7-8-5-12-6-8/h1-4,8H,5-7H2. The van der Waals surface area contributed by atoms with E-state index in [1.54, 1.807) is 12.1 Å². The van der Waals surface area contributed by atoms with Crippen LogP contribution in [0.2, 0.25) is 0 Å². The highest BCUT2D eigenvalue weighted by Gasteiger charge is 2.18. The topological polar surface area (TPSA) is 18.5 Å². The molecule has 0 N–H and O–H groups in total. The molecule has 13 heavy (non-hydrogen) atoms. The summed E-state index contributed by atoms with van der Waals surface area (Å²) in [5.41, 5.74) is 0. The van der Waals surface area contributed by atoms with Crippen LogP contribution in [0.3, 0.4) is 0 Å². The minimum Gasteiger partial charge on any atom is -0.493 e. The quantitative estimate of drug-likeness (QED) is 0.710. The molecule has 0 atom stereocenters. The zero-order valence-electron chi connectivity index (χ0n) is 7.20. The van der Waals surface area contributed by atoms with Crippen LogP contribution >= 0.6 is 0 Å². The van der Waals surface area contributed by atoms with E-state index in [1.807, 2.05) is 0 Å². The molecule has 0 amide bonds. The van der Waals surface area contributed by atoms with Gasteiger partial charge in [0, 0.05) is 12.0 Å². The van der Waals surface area contributed by atoms with Crippen molar-refractivity contribution in [3.63, 3.8) is 0 Å². The second-order valence-corrected chi connectivity index (χ2v) is 3.17. The smallest absolute Gasteiger partial charge is 0.126 e. The number of rotatable bonds is 3. The van der Waals surface area contributed by atoms with Crippen LogP contribution in [0.25, 0.3) is 0 Å². The summed E-state index contributed by atoms with van der Waals surface area (Å²) in [4.78, 5) is 0. The van der Waals surface area contributed by atoms with Crippen molar-refractivity contribution in [3.8, 4) is 5.75 Å². The molecule has 1 aromatic rings. The minimum atomic E-state index is -0.262. The first kappa shape index (κ1) is 8.51. The first-order valence-corrected chi connectivity index (χ1v) is 4.31. The number of hydrogen-bond donors (Lipinski definition) is 0. The molecule has 1 fully saturated rings. The van der Waals surface area contributed by atoms with E-state index in [2.05, 4.69) is 0 Å². The Balaban J connectivity index is 1.86.